The van der Waals surface area contributed by atoms with Crippen molar-refractivity contribution in [2.45, 2.75) is 12.0 Å². The van der Waals surface area contributed by atoms with E-state index in [0.29, 0.717) is 17.1 Å². The minimum absolute atomic E-state index is 0.0470. The van der Waals surface area contributed by atoms with Crippen LogP contribution >= 0.6 is 0 Å². The number of alkyl carbamates (subject to hydrolysis) is 1. The highest BCUT2D eigenvalue weighted by Gasteiger charge is 2.29. The van der Waals surface area contributed by atoms with Crippen molar-refractivity contribution < 1.29 is 19.0 Å². The van der Waals surface area contributed by atoms with Crippen molar-refractivity contribution in [2.75, 3.05) is 20.8 Å². The molecule has 6 heteroatoms. The molecule has 1 aliphatic rings. The van der Waals surface area contributed by atoms with E-state index in [2.05, 4.69) is 35.7 Å². The third-order valence-electron chi connectivity index (χ3n) is 5.49. The van der Waals surface area contributed by atoms with Crippen molar-refractivity contribution in [2.24, 2.45) is 0 Å². The first kappa shape index (κ1) is 20.3. The first-order valence-electron chi connectivity index (χ1n) is 9.89. The lowest BCUT2D eigenvalue weighted by atomic mass is 9.98. The van der Waals surface area contributed by atoms with Crippen LogP contribution in [0.3, 0.4) is 0 Å². The molecule has 1 unspecified atom stereocenters. The van der Waals surface area contributed by atoms with Crippen LogP contribution in [0.15, 0.2) is 66.7 Å². The summed E-state index contributed by atoms with van der Waals surface area (Å²) in [5.74, 6) is 0.998. The number of carbonyl (C=O) groups excluding carboxylic acids is 1. The summed E-state index contributed by atoms with van der Waals surface area (Å²) in [4.78, 5) is 12.5. The average molecular weight is 414 g/mol. The molecule has 3 aromatic rings. The number of methoxy groups -OCH3 is 2. The number of nitrogens with zero attached hydrogens (tertiary/aromatic N) is 1. The van der Waals surface area contributed by atoms with Gasteiger partial charge in [-0.05, 0) is 34.4 Å². The van der Waals surface area contributed by atoms with E-state index in [1.165, 1.54) is 7.11 Å². The SMILES string of the molecule is COc1ccc(C(C#N)NC(=O)OCC2c3ccccc3-c3ccccc32)c(OC)c1. The van der Waals surface area contributed by atoms with E-state index < -0.39 is 12.1 Å². The normalized spacial score (nSPS) is 12.8. The molecule has 0 spiro atoms. The first-order chi connectivity index (χ1) is 15.2. The van der Waals surface area contributed by atoms with Gasteiger partial charge in [-0.2, -0.15) is 5.26 Å². The molecule has 31 heavy (non-hydrogen) atoms. The number of rotatable bonds is 6. The summed E-state index contributed by atoms with van der Waals surface area (Å²) in [6.07, 6.45) is -0.661. The number of ether oxygens (including phenoxy) is 3. The molecule has 0 fully saturated rings. The molecule has 0 heterocycles. The Labute approximate surface area is 181 Å². The van der Waals surface area contributed by atoms with Crippen molar-refractivity contribution in [1.82, 2.24) is 5.32 Å². The lowest BCUT2D eigenvalue weighted by Crippen LogP contribution is -2.29. The topological polar surface area (TPSA) is 80.6 Å². The largest absolute Gasteiger partial charge is 0.497 e. The van der Waals surface area contributed by atoms with Gasteiger partial charge >= 0.3 is 6.09 Å². The summed E-state index contributed by atoms with van der Waals surface area (Å²) >= 11 is 0. The van der Waals surface area contributed by atoms with Gasteiger partial charge in [0, 0.05) is 17.5 Å². The van der Waals surface area contributed by atoms with E-state index in [1.807, 2.05) is 24.3 Å². The third-order valence-corrected chi connectivity index (χ3v) is 5.49. The Morgan fingerprint density at radius 1 is 1.00 bits per heavy atom. The molecule has 6 nitrogen and oxygen atoms in total. The summed E-state index contributed by atoms with van der Waals surface area (Å²) in [7, 11) is 3.05. The summed E-state index contributed by atoms with van der Waals surface area (Å²) in [6.45, 7) is 0.178. The number of amides is 1. The number of hydrogen-bond acceptors (Lipinski definition) is 5. The summed E-state index contributed by atoms with van der Waals surface area (Å²) in [5.41, 5.74) is 5.10. The first-order valence-corrected chi connectivity index (χ1v) is 9.89. The molecule has 0 saturated carbocycles. The molecule has 4 rings (SSSR count). The highest BCUT2D eigenvalue weighted by atomic mass is 16.5. The van der Waals surface area contributed by atoms with E-state index in [4.69, 9.17) is 14.2 Å². The maximum Gasteiger partial charge on any atom is 0.408 e. The molecule has 156 valence electrons. The predicted octanol–water partition coefficient (Wildman–Crippen LogP) is 4.81. The second-order valence-corrected chi connectivity index (χ2v) is 7.14. The van der Waals surface area contributed by atoms with Crippen LogP contribution in [-0.2, 0) is 4.74 Å². The van der Waals surface area contributed by atoms with Gasteiger partial charge in [-0.1, -0.05) is 48.5 Å². The fourth-order valence-corrected chi connectivity index (χ4v) is 3.99. The lowest BCUT2D eigenvalue weighted by molar-refractivity contribution is 0.141. The Kier molecular flexibility index (Phi) is 5.76. The van der Waals surface area contributed by atoms with Gasteiger partial charge in [-0.3, -0.25) is 0 Å². The molecular formula is C25H22N2O4. The van der Waals surface area contributed by atoms with Gasteiger partial charge in [0.15, 0.2) is 0 Å². The number of fused-ring (bicyclic) bond motifs is 3. The molecular weight excluding hydrogens is 392 g/mol. The second kappa shape index (κ2) is 8.80. The minimum Gasteiger partial charge on any atom is -0.497 e. The van der Waals surface area contributed by atoms with Gasteiger partial charge in [0.2, 0.25) is 0 Å². The Morgan fingerprint density at radius 2 is 1.65 bits per heavy atom. The minimum atomic E-state index is -0.920. The molecule has 1 aliphatic carbocycles. The molecule has 0 saturated heterocycles. The van der Waals surface area contributed by atoms with Gasteiger partial charge < -0.3 is 19.5 Å². The molecule has 1 N–H and O–H groups in total. The van der Waals surface area contributed by atoms with Crippen molar-refractivity contribution in [1.29, 1.82) is 5.26 Å². The zero-order valence-electron chi connectivity index (χ0n) is 17.3. The Balaban J connectivity index is 1.48. The van der Waals surface area contributed by atoms with Gasteiger partial charge in [-0.25, -0.2) is 4.79 Å². The van der Waals surface area contributed by atoms with Crippen LogP contribution in [0.25, 0.3) is 11.1 Å². The Bertz CT molecular complexity index is 1110. The van der Waals surface area contributed by atoms with Gasteiger partial charge in [0.25, 0.3) is 0 Å². The highest BCUT2D eigenvalue weighted by molar-refractivity contribution is 5.79. The monoisotopic (exact) mass is 414 g/mol. The smallest absolute Gasteiger partial charge is 0.408 e. The van der Waals surface area contributed by atoms with Gasteiger partial charge in [0.05, 0.1) is 20.3 Å². The zero-order chi connectivity index (χ0) is 21.8. The third kappa shape index (κ3) is 3.90. The molecule has 0 aliphatic heterocycles. The predicted molar refractivity (Wildman–Crippen MR) is 116 cm³/mol. The Morgan fingerprint density at radius 3 is 2.23 bits per heavy atom. The van der Waals surface area contributed by atoms with E-state index in [1.54, 1.807) is 25.3 Å². The number of nitrogens with one attached hydrogen (secondary N) is 1. The van der Waals surface area contributed by atoms with Crippen LogP contribution in [0, 0.1) is 11.3 Å². The van der Waals surface area contributed by atoms with E-state index in [9.17, 15) is 10.1 Å². The van der Waals surface area contributed by atoms with E-state index in [-0.39, 0.29) is 12.5 Å². The molecule has 0 bridgehead atoms. The Hall–Kier alpha value is -3.98. The average Bonchev–Trinajstić information content (AvgIpc) is 3.14. The van der Waals surface area contributed by atoms with Crippen molar-refractivity contribution >= 4 is 6.09 Å². The standard InChI is InChI=1S/C25H22N2O4/c1-29-16-11-12-21(24(13-16)30-2)23(14-26)27-25(28)31-15-22-19-9-5-3-7-17(19)18-8-4-6-10-20(18)22/h3-13,22-23H,15H2,1-2H3,(H,27,28). The quantitative estimate of drug-likeness (QED) is 0.626. The maximum atomic E-state index is 12.5. The number of benzene rings is 3. The number of carbonyl (C=O) groups is 1. The van der Waals surface area contributed by atoms with Crippen LogP contribution in [0.1, 0.15) is 28.7 Å². The van der Waals surface area contributed by atoms with Crippen molar-refractivity contribution in [3.8, 4) is 28.7 Å². The highest BCUT2D eigenvalue weighted by Crippen LogP contribution is 2.44. The van der Waals surface area contributed by atoms with Gasteiger partial charge in [0.1, 0.15) is 24.1 Å². The molecule has 0 radical (unpaired) electrons. The second-order valence-electron chi connectivity index (χ2n) is 7.14. The van der Waals surface area contributed by atoms with Crippen LogP contribution in [0.4, 0.5) is 4.79 Å². The summed E-state index contributed by atoms with van der Waals surface area (Å²) in [5, 5.41) is 12.2. The molecule has 1 amide bonds. The van der Waals surface area contributed by atoms with Crippen LogP contribution < -0.4 is 14.8 Å². The lowest BCUT2D eigenvalue weighted by Gasteiger charge is -2.18. The van der Waals surface area contributed by atoms with E-state index >= 15 is 0 Å². The number of nitriles is 1. The fourth-order valence-electron chi connectivity index (χ4n) is 3.99. The van der Waals surface area contributed by atoms with Crippen molar-refractivity contribution in [3.05, 3.63) is 83.4 Å². The zero-order valence-corrected chi connectivity index (χ0v) is 17.3. The van der Waals surface area contributed by atoms with E-state index in [0.717, 1.165) is 22.3 Å². The van der Waals surface area contributed by atoms with Crippen LogP contribution in [-0.4, -0.2) is 26.9 Å². The van der Waals surface area contributed by atoms with Gasteiger partial charge in [-0.15, -0.1) is 0 Å². The maximum absolute atomic E-state index is 12.5. The molecule has 3 aromatic carbocycles. The molecule has 0 aromatic heterocycles. The molecule has 1 atom stereocenters. The van der Waals surface area contributed by atoms with Crippen molar-refractivity contribution in [3.63, 3.8) is 0 Å². The summed E-state index contributed by atoms with van der Waals surface area (Å²) in [6, 6.07) is 22.5. The summed E-state index contributed by atoms with van der Waals surface area (Å²) < 4.78 is 16.1. The fraction of sp³-hybridized carbons (Fsp3) is 0.200. The van der Waals surface area contributed by atoms with Crippen LogP contribution in [0.2, 0.25) is 0 Å². The van der Waals surface area contributed by atoms with Crippen LogP contribution in [0.5, 0.6) is 11.5 Å². The number of hydrogen-bond donors (Lipinski definition) is 1.